The fourth-order valence-electron chi connectivity index (χ4n) is 0.596. The van der Waals surface area contributed by atoms with Crippen LogP contribution in [0.25, 0.3) is 0 Å². The molecule has 0 fully saturated rings. The van der Waals surface area contributed by atoms with Gasteiger partial charge in [-0.15, -0.1) is 0 Å². The van der Waals surface area contributed by atoms with Crippen LogP contribution in [-0.4, -0.2) is 23.5 Å². The molecule has 1 aliphatic heterocycles. The van der Waals surface area contributed by atoms with E-state index in [9.17, 15) is 0 Å². The van der Waals surface area contributed by atoms with Crippen LogP contribution >= 0.6 is 0 Å². The normalized spacial score (nSPS) is 30.0. The third-order valence-electron chi connectivity index (χ3n) is 1.15. The molecule has 0 saturated carbocycles. The average molecular weight is 115 g/mol. The summed E-state index contributed by atoms with van der Waals surface area (Å²) < 4.78 is 0. The summed E-state index contributed by atoms with van der Waals surface area (Å²) in [5.74, 6) is 0. The van der Waals surface area contributed by atoms with Crippen molar-refractivity contribution < 1.29 is 9.94 Å². The molecule has 0 spiro atoms. The molecule has 0 radical (unpaired) electrons. The van der Waals surface area contributed by atoms with Gasteiger partial charge in [-0.05, 0) is 6.92 Å². The quantitative estimate of drug-likeness (QED) is 0.528. The lowest BCUT2D eigenvalue weighted by molar-refractivity contribution is -0.00780. The van der Waals surface area contributed by atoms with Crippen LogP contribution in [-0.2, 0) is 4.84 Å². The Morgan fingerprint density at radius 2 is 2.75 bits per heavy atom. The van der Waals surface area contributed by atoms with Crippen LogP contribution in [0.1, 0.15) is 13.3 Å². The van der Waals surface area contributed by atoms with E-state index in [0.29, 0.717) is 0 Å². The van der Waals surface area contributed by atoms with E-state index >= 15 is 0 Å². The first kappa shape index (κ1) is 5.56. The first-order chi connectivity index (χ1) is 3.80. The van der Waals surface area contributed by atoms with Crippen molar-refractivity contribution in [3.63, 3.8) is 0 Å². The molecule has 0 aromatic heterocycles. The van der Waals surface area contributed by atoms with Crippen molar-refractivity contribution in [3.8, 4) is 0 Å². The van der Waals surface area contributed by atoms with Gasteiger partial charge >= 0.3 is 0 Å². The minimum atomic E-state index is -0.405. The van der Waals surface area contributed by atoms with Crippen LogP contribution in [0.3, 0.4) is 0 Å². The lowest BCUT2D eigenvalue weighted by Gasteiger charge is -2.08. The zero-order valence-electron chi connectivity index (χ0n) is 4.74. The average Bonchev–Trinajstić information content (AvgIpc) is 2.12. The predicted octanol–water partition coefficient (Wildman–Crippen LogP) is 0.142. The van der Waals surface area contributed by atoms with E-state index in [4.69, 9.17) is 9.94 Å². The Bertz CT molecular complexity index is 92.6. The Hall–Kier alpha value is -0.570. The number of oxime groups is 1. The topological polar surface area (TPSA) is 41.8 Å². The van der Waals surface area contributed by atoms with E-state index in [-0.39, 0.29) is 6.10 Å². The SMILES string of the molecule is C[C@@H](O)[C@H]1CC=NO1. The summed E-state index contributed by atoms with van der Waals surface area (Å²) in [6.45, 7) is 1.69. The Balaban J connectivity index is 2.29. The van der Waals surface area contributed by atoms with Gasteiger partial charge in [0.05, 0.1) is 6.10 Å². The third kappa shape index (κ3) is 0.980. The van der Waals surface area contributed by atoms with E-state index in [1.54, 1.807) is 13.1 Å². The maximum atomic E-state index is 8.85. The van der Waals surface area contributed by atoms with Gasteiger partial charge in [0.15, 0.2) is 6.10 Å². The van der Waals surface area contributed by atoms with Crippen molar-refractivity contribution in [1.82, 2.24) is 0 Å². The van der Waals surface area contributed by atoms with Gasteiger partial charge in [0.25, 0.3) is 0 Å². The van der Waals surface area contributed by atoms with Crippen LogP contribution in [0, 0.1) is 0 Å². The van der Waals surface area contributed by atoms with Crippen molar-refractivity contribution in [2.45, 2.75) is 25.6 Å². The zero-order chi connectivity index (χ0) is 5.98. The van der Waals surface area contributed by atoms with Crippen LogP contribution in [0.15, 0.2) is 5.16 Å². The Morgan fingerprint density at radius 1 is 2.00 bits per heavy atom. The Morgan fingerprint density at radius 3 is 3.00 bits per heavy atom. The molecule has 0 aromatic rings. The molecule has 1 heterocycles. The number of aliphatic hydroxyl groups is 1. The molecule has 0 aliphatic carbocycles. The van der Waals surface area contributed by atoms with E-state index in [0.717, 1.165) is 6.42 Å². The van der Waals surface area contributed by atoms with E-state index in [2.05, 4.69) is 5.16 Å². The van der Waals surface area contributed by atoms with Crippen LogP contribution < -0.4 is 0 Å². The lowest BCUT2D eigenvalue weighted by Crippen LogP contribution is -2.21. The van der Waals surface area contributed by atoms with Crippen LogP contribution in [0.5, 0.6) is 0 Å². The standard InChI is InChI=1S/C5H9NO2/c1-4(7)5-2-3-6-8-5/h3-5,7H,2H2,1H3/t4-,5-/m1/s1. The highest BCUT2D eigenvalue weighted by Crippen LogP contribution is 2.07. The third-order valence-corrected chi connectivity index (χ3v) is 1.15. The highest BCUT2D eigenvalue weighted by Gasteiger charge is 2.18. The number of hydrogen-bond acceptors (Lipinski definition) is 3. The summed E-state index contributed by atoms with van der Waals surface area (Å²) in [6.07, 6.45) is 1.89. The number of hydrogen-bond donors (Lipinski definition) is 1. The first-order valence-corrected chi connectivity index (χ1v) is 2.66. The van der Waals surface area contributed by atoms with Gasteiger partial charge in [-0.1, -0.05) is 5.16 Å². The van der Waals surface area contributed by atoms with E-state index in [1.165, 1.54) is 0 Å². The van der Waals surface area contributed by atoms with Crippen molar-refractivity contribution >= 4 is 6.21 Å². The molecule has 3 nitrogen and oxygen atoms in total. The molecule has 2 atom stereocenters. The van der Waals surface area contributed by atoms with Gasteiger partial charge in [-0.25, -0.2) is 0 Å². The van der Waals surface area contributed by atoms with Crippen molar-refractivity contribution in [1.29, 1.82) is 0 Å². The lowest BCUT2D eigenvalue weighted by atomic mass is 10.2. The highest BCUT2D eigenvalue weighted by atomic mass is 16.6. The van der Waals surface area contributed by atoms with Gasteiger partial charge in [-0.2, -0.15) is 0 Å². The molecule has 1 rings (SSSR count). The number of aliphatic hydroxyl groups excluding tert-OH is 1. The second-order valence-electron chi connectivity index (χ2n) is 1.91. The summed E-state index contributed by atoms with van der Waals surface area (Å²) in [5.41, 5.74) is 0. The molecule has 0 amide bonds. The summed E-state index contributed by atoms with van der Waals surface area (Å²) >= 11 is 0. The summed E-state index contributed by atoms with van der Waals surface area (Å²) in [7, 11) is 0. The Labute approximate surface area is 48.0 Å². The summed E-state index contributed by atoms with van der Waals surface area (Å²) in [4.78, 5) is 4.73. The zero-order valence-corrected chi connectivity index (χ0v) is 4.74. The maximum absolute atomic E-state index is 8.85. The van der Waals surface area contributed by atoms with Crippen molar-refractivity contribution in [2.75, 3.05) is 0 Å². The molecular formula is C5H9NO2. The summed E-state index contributed by atoms with van der Waals surface area (Å²) in [6, 6.07) is 0. The predicted molar refractivity (Wildman–Crippen MR) is 29.7 cm³/mol. The molecule has 0 aromatic carbocycles. The molecule has 1 aliphatic rings. The largest absolute Gasteiger partial charge is 0.390 e. The van der Waals surface area contributed by atoms with Gasteiger partial charge in [0, 0.05) is 12.6 Å². The molecule has 46 valence electrons. The van der Waals surface area contributed by atoms with Gasteiger partial charge in [0.1, 0.15) is 0 Å². The molecule has 0 saturated heterocycles. The molecular weight excluding hydrogens is 106 g/mol. The smallest absolute Gasteiger partial charge is 0.158 e. The van der Waals surface area contributed by atoms with Gasteiger partial charge in [0.2, 0.25) is 0 Å². The fourth-order valence-corrected chi connectivity index (χ4v) is 0.596. The fraction of sp³-hybridized carbons (Fsp3) is 0.800. The Kier molecular flexibility index (Phi) is 1.48. The van der Waals surface area contributed by atoms with Crippen molar-refractivity contribution in [3.05, 3.63) is 0 Å². The summed E-state index contributed by atoms with van der Waals surface area (Å²) in [5, 5.41) is 12.3. The van der Waals surface area contributed by atoms with Gasteiger partial charge in [-0.3, -0.25) is 0 Å². The molecule has 0 unspecified atom stereocenters. The minimum absolute atomic E-state index is 0.102. The second kappa shape index (κ2) is 2.13. The van der Waals surface area contributed by atoms with Crippen LogP contribution in [0.2, 0.25) is 0 Å². The molecule has 8 heavy (non-hydrogen) atoms. The second-order valence-corrected chi connectivity index (χ2v) is 1.91. The van der Waals surface area contributed by atoms with E-state index < -0.39 is 6.10 Å². The van der Waals surface area contributed by atoms with Gasteiger partial charge < -0.3 is 9.94 Å². The van der Waals surface area contributed by atoms with Crippen LogP contribution in [0.4, 0.5) is 0 Å². The maximum Gasteiger partial charge on any atom is 0.158 e. The number of nitrogens with zero attached hydrogens (tertiary/aromatic N) is 1. The monoisotopic (exact) mass is 115 g/mol. The molecule has 3 heteroatoms. The first-order valence-electron chi connectivity index (χ1n) is 2.66. The van der Waals surface area contributed by atoms with Crippen molar-refractivity contribution in [2.24, 2.45) is 5.16 Å². The van der Waals surface area contributed by atoms with E-state index in [1.807, 2.05) is 0 Å². The minimum Gasteiger partial charge on any atom is -0.390 e. The molecule has 1 N–H and O–H groups in total. The number of rotatable bonds is 1. The molecule has 0 bridgehead atoms. The highest BCUT2D eigenvalue weighted by molar-refractivity contribution is 5.58.